The third-order valence-electron chi connectivity index (χ3n) is 4.95. The average molecular weight is 406 g/mol. The lowest BCUT2D eigenvalue weighted by Gasteiger charge is -2.36. The predicted molar refractivity (Wildman–Crippen MR) is 116 cm³/mol. The number of carbonyl (C=O) groups is 1. The summed E-state index contributed by atoms with van der Waals surface area (Å²) in [6, 6.07) is 5.90. The maximum absolute atomic E-state index is 11.9. The van der Waals surface area contributed by atoms with Gasteiger partial charge in [-0.05, 0) is 24.6 Å². The van der Waals surface area contributed by atoms with E-state index in [2.05, 4.69) is 27.0 Å². The van der Waals surface area contributed by atoms with Crippen LogP contribution in [-0.2, 0) is 11.3 Å². The smallest absolute Gasteiger partial charge is 0.243 e. The molecule has 0 aliphatic carbocycles. The second-order valence-electron chi connectivity index (χ2n) is 7.30. The van der Waals surface area contributed by atoms with Crippen LogP contribution in [0.5, 0.6) is 11.5 Å². The van der Waals surface area contributed by atoms with E-state index in [1.165, 1.54) is 0 Å². The summed E-state index contributed by atoms with van der Waals surface area (Å²) < 4.78 is 10.9. The van der Waals surface area contributed by atoms with Gasteiger partial charge < -0.3 is 24.6 Å². The Labute approximate surface area is 174 Å². The van der Waals surface area contributed by atoms with Crippen LogP contribution in [0.3, 0.4) is 0 Å². The highest BCUT2D eigenvalue weighted by molar-refractivity contribution is 5.84. The summed E-state index contributed by atoms with van der Waals surface area (Å²) in [6.07, 6.45) is 1.01. The number of nitrogens with one attached hydrogen (secondary N) is 1. The van der Waals surface area contributed by atoms with Crippen molar-refractivity contribution < 1.29 is 14.3 Å². The zero-order valence-corrected chi connectivity index (χ0v) is 18.4. The third-order valence-corrected chi connectivity index (χ3v) is 4.95. The molecule has 1 amide bonds. The van der Waals surface area contributed by atoms with Crippen molar-refractivity contribution in [1.82, 2.24) is 20.0 Å². The molecule has 2 rings (SSSR count). The van der Waals surface area contributed by atoms with Crippen molar-refractivity contribution in [2.45, 2.75) is 19.9 Å². The van der Waals surface area contributed by atoms with Gasteiger partial charge in [-0.15, -0.1) is 0 Å². The standard InChI is InChI=1S/C21H35N5O3/c1-6-9-22-21(23-15-20(27)24(2)3)26-12-10-25(11-13-26)16-17-14-18(28-4)7-8-19(17)29-5/h7-8,14H,6,9-13,15-16H2,1-5H3,(H,22,23). The summed E-state index contributed by atoms with van der Waals surface area (Å²) in [5.41, 5.74) is 1.12. The third kappa shape index (κ3) is 6.81. The topological polar surface area (TPSA) is 69.6 Å². The van der Waals surface area contributed by atoms with E-state index in [-0.39, 0.29) is 12.5 Å². The summed E-state index contributed by atoms with van der Waals surface area (Å²) in [7, 11) is 6.88. The Morgan fingerprint density at radius 2 is 1.90 bits per heavy atom. The van der Waals surface area contributed by atoms with Gasteiger partial charge >= 0.3 is 0 Å². The van der Waals surface area contributed by atoms with Gasteiger partial charge in [-0.2, -0.15) is 0 Å². The van der Waals surface area contributed by atoms with Gasteiger partial charge in [-0.1, -0.05) is 6.92 Å². The minimum atomic E-state index is 0.00422. The molecule has 29 heavy (non-hydrogen) atoms. The van der Waals surface area contributed by atoms with E-state index < -0.39 is 0 Å². The largest absolute Gasteiger partial charge is 0.497 e. The lowest BCUT2D eigenvalue weighted by atomic mass is 10.1. The molecule has 1 aliphatic rings. The van der Waals surface area contributed by atoms with Crippen LogP contribution >= 0.6 is 0 Å². The average Bonchev–Trinajstić information content (AvgIpc) is 2.74. The molecule has 8 heteroatoms. The first kappa shape index (κ1) is 22.8. The summed E-state index contributed by atoms with van der Waals surface area (Å²) in [4.78, 5) is 22.7. The van der Waals surface area contributed by atoms with Gasteiger partial charge in [0.05, 0.1) is 14.2 Å². The molecule has 1 N–H and O–H groups in total. The van der Waals surface area contributed by atoms with E-state index in [9.17, 15) is 4.79 Å². The Morgan fingerprint density at radius 3 is 2.48 bits per heavy atom. The molecular weight excluding hydrogens is 370 g/mol. The molecule has 8 nitrogen and oxygen atoms in total. The number of likely N-dealkylation sites (N-methyl/N-ethyl adjacent to an activating group) is 1. The van der Waals surface area contributed by atoms with Crippen molar-refractivity contribution in [1.29, 1.82) is 0 Å². The lowest BCUT2D eigenvalue weighted by Crippen LogP contribution is -2.52. The highest BCUT2D eigenvalue weighted by Crippen LogP contribution is 2.25. The van der Waals surface area contributed by atoms with Crippen molar-refractivity contribution in [3.8, 4) is 11.5 Å². The Morgan fingerprint density at radius 1 is 1.17 bits per heavy atom. The maximum atomic E-state index is 11.9. The molecule has 0 saturated carbocycles. The van der Waals surface area contributed by atoms with E-state index in [4.69, 9.17) is 9.47 Å². The van der Waals surface area contributed by atoms with E-state index in [0.717, 1.165) is 68.7 Å². The summed E-state index contributed by atoms with van der Waals surface area (Å²) in [5.74, 6) is 2.54. The molecule has 0 radical (unpaired) electrons. The van der Waals surface area contributed by atoms with Gasteiger partial charge in [0, 0.05) is 58.9 Å². The zero-order chi connectivity index (χ0) is 21.2. The number of aliphatic imine (C=N–C) groups is 1. The van der Waals surface area contributed by atoms with Crippen LogP contribution in [0.15, 0.2) is 23.2 Å². The monoisotopic (exact) mass is 405 g/mol. The van der Waals surface area contributed by atoms with E-state index in [1.54, 1.807) is 33.2 Å². The molecule has 1 aliphatic heterocycles. The van der Waals surface area contributed by atoms with Crippen molar-refractivity contribution in [3.63, 3.8) is 0 Å². The molecule has 1 saturated heterocycles. The Bertz CT molecular complexity index is 685. The van der Waals surface area contributed by atoms with Crippen molar-refractivity contribution in [2.75, 3.05) is 67.6 Å². The predicted octanol–water partition coefficient (Wildman–Crippen LogP) is 1.27. The fraction of sp³-hybridized carbons (Fsp3) is 0.619. The van der Waals surface area contributed by atoms with E-state index in [0.29, 0.717) is 0 Å². The molecule has 0 bridgehead atoms. The van der Waals surface area contributed by atoms with Crippen LogP contribution in [0.4, 0.5) is 0 Å². The van der Waals surface area contributed by atoms with Gasteiger partial charge in [-0.3, -0.25) is 9.69 Å². The normalized spacial score (nSPS) is 15.2. The zero-order valence-electron chi connectivity index (χ0n) is 18.4. The molecule has 0 aromatic heterocycles. The number of amides is 1. The van der Waals surface area contributed by atoms with Crippen LogP contribution in [0, 0.1) is 0 Å². The number of hydrogen-bond acceptors (Lipinski definition) is 5. The van der Waals surface area contributed by atoms with Gasteiger partial charge in [0.1, 0.15) is 18.0 Å². The summed E-state index contributed by atoms with van der Waals surface area (Å²) in [5, 5.41) is 3.38. The first-order valence-corrected chi connectivity index (χ1v) is 10.1. The lowest BCUT2D eigenvalue weighted by molar-refractivity contribution is -0.127. The second-order valence-corrected chi connectivity index (χ2v) is 7.30. The number of hydrogen-bond donors (Lipinski definition) is 1. The Kier molecular flexibility index (Phi) is 9.05. The van der Waals surface area contributed by atoms with Crippen LogP contribution in [0.1, 0.15) is 18.9 Å². The highest BCUT2D eigenvalue weighted by atomic mass is 16.5. The number of guanidine groups is 1. The molecule has 1 aromatic rings. The minimum absolute atomic E-state index is 0.00422. The number of carbonyl (C=O) groups excluding carboxylic acids is 1. The second kappa shape index (κ2) is 11.5. The van der Waals surface area contributed by atoms with Gasteiger partial charge in [-0.25, -0.2) is 4.99 Å². The number of ether oxygens (including phenoxy) is 2. The van der Waals surface area contributed by atoms with Crippen molar-refractivity contribution >= 4 is 11.9 Å². The molecule has 1 aromatic carbocycles. The SMILES string of the molecule is CCCNC(=NCC(=O)N(C)C)N1CCN(Cc2cc(OC)ccc2OC)CC1. The highest BCUT2D eigenvalue weighted by Gasteiger charge is 2.21. The molecule has 0 unspecified atom stereocenters. The number of methoxy groups -OCH3 is 2. The van der Waals surface area contributed by atoms with Crippen LogP contribution in [-0.4, -0.2) is 94.1 Å². The summed E-state index contributed by atoms with van der Waals surface area (Å²) in [6.45, 7) is 7.48. The van der Waals surface area contributed by atoms with E-state index in [1.807, 2.05) is 18.2 Å². The first-order valence-electron chi connectivity index (χ1n) is 10.1. The Hall–Kier alpha value is -2.48. The van der Waals surface area contributed by atoms with Crippen LogP contribution < -0.4 is 14.8 Å². The fourth-order valence-corrected chi connectivity index (χ4v) is 3.15. The Balaban J connectivity index is 1.98. The minimum Gasteiger partial charge on any atom is -0.497 e. The quantitative estimate of drug-likeness (QED) is 0.519. The van der Waals surface area contributed by atoms with Gasteiger partial charge in [0.2, 0.25) is 5.91 Å². The molecule has 1 heterocycles. The number of piperazine rings is 1. The molecule has 0 atom stereocenters. The van der Waals surface area contributed by atoms with Gasteiger partial charge in [0.15, 0.2) is 5.96 Å². The van der Waals surface area contributed by atoms with Crippen molar-refractivity contribution in [3.05, 3.63) is 23.8 Å². The molecular formula is C21H35N5O3. The number of rotatable bonds is 8. The van der Waals surface area contributed by atoms with E-state index >= 15 is 0 Å². The van der Waals surface area contributed by atoms with Crippen molar-refractivity contribution in [2.24, 2.45) is 4.99 Å². The molecule has 162 valence electrons. The van der Waals surface area contributed by atoms with Crippen LogP contribution in [0.2, 0.25) is 0 Å². The fourth-order valence-electron chi connectivity index (χ4n) is 3.15. The number of benzene rings is 1. The first-order chi connectivity index (χ1) is 14.0. The molecule has 0 spiro atoms. The summed E-state index contributed by atoms with van der Waals surface area (Å²) >= 11 is 0. The van der Waals surface area contributed by atoms with Gasteiger partial charge in [0.25, 0.3) is 0 Å². The molecule has 1 fully saturated rings. The number of nitrogens with zero attached hydrogens (tertiary/aromatic N) is 4. The maximum Gasteiger partial charge on any atom is 0.243 e. The van der Waals surface area contributed by atoms with Crippen LogP contribution in [0.25, 0.3) is 0 Å².